The van der Waals surface area contributed by atoms with Gasteiger partial charge in [-0.05, 0) is 86.2 Å². The first kappa shape index (κ1) is 24.0. The van der Waals surface area contributed by atoms with Crippen LogP contribution in [0.4, 0.5) is 0 Å². The normalized spacial score (nSPS) is 42.4. The fourth-order valence-electron chi connectivity index (χ4n) is 9.77. The lowest BCUT2D eigenvalue weighted by molar-refractivity contribution is -0.201. The van der Waals surface area contributed by atoms with E-state index in [2.05, 4.69) is 27.7 Å². The van der Waals surface area contributed by atoms with Gasteiger partial charge >= 0.3 is 5.97 Å². The summed E-state index contributed by atoms with van der Waals surface area (Å²) in [6, 6.07) is 4.06. The molecule has 0 saturated heterocycles. The van der Waals surface area contributed by atoms with E-state index < -0.39 is 16.9 Å². The van der Waals surface area contributed by atoms with Crippen molar-refractivity contribution in [2.24, 2.45) is 34.5 Å². The number of ether oxygens (including phenoxy) is 3. The highest BCUT2D eigenvalue weighted by Crippen LogP contribution is 2.75. The molecule has 0 aliphatic heterocycles. The number of benzene rings is 1. The summed E-state index contributed by atoms with van der Waals surface area (Å²) in [5.74, 6) is 3.02. The molecule has 1 aromatic carbocycles. The number of carbonyl (C=O) groups excluding carboxylic acids is 1. The average molecular weight is 471 g/mol. The maximum absolute atomic E-state index is 13.1. The van der Waals surface area contributed by atoms with E-state index >= 15 is 0 Å². The van der Waals surface area contributed by atoms with Crippen molar-refractivity contribution < 1.29 is 24.1 Å². The highest BCUT2D eigenvalue weighted by atomic mass is 16.5. The first-order valence-electron chi connectivity index (χ1n) is 13.1. The lowest BCUT2D eigenvalue weighted by Crippen LogP contribution is -2.69. The van der Waals surface area contributed by atoms with Crippen LogP contribution in [-0.4, -0.2) is 38.5 Å². The first-order chi connectivity index (χ1) is 16.1. The van der Waals surface area contributed by atoms with Crippen LogP contribution >= 0.6 is 0 Å². The van der Waals surface area contributed by atoms with Gasteiger partial charge in [0.05, 0.1) is 32.8 Å². The molecule has 1 spiro atoms. The lowest BCUT2D eigenvalue weighted by atomic mass is 9.34. The van der Waals surface area contributed by atoms with E-state index in [-0.39, 0.29) is 35.1 Å². The second kappa shape index (κ2) is 7.88. The van der Waals surface area contributed by atoms with E-state index in [0.717, 1.165) is 50.0 Å². The zero-order valence-corrected chi connectivity index (χ0v) is 21.9. The Labute approximate surface area is 204 Å². The molecular weight excluding hydrogens is 428 g/mol. The summed E-state index contributed by atoms with van der Waals surface area (Å²) in [6.07, 6.45) is 5.34. The van der Waals surface area contributed by atoms with Crippen LogP contribution in [0.2, 0.25) is 0 Å². The number of hydrogen-bond donors (Lipinski definition) is 1. The third kappa shape index (κ3) is 2.74. The maximum atomic E-state index is 13.1. The summed E-state index contributed by atoms with van der Waals surface area (Å²) in [6.45, 7) is 9.03. The van der Waals surface area contributed by atoms with Crippen LogP contribution in [0.3, 0.4) is 0 Å². The number of aliphatic hydroxyl groups excluding tert-OH is 1. The Morgan fingerprint density at radius 3 is 2.32 bits per heavy atom. The van der Waals surface area contributed by atoms with E-state index in [1.54, 1.807) is 14.2 Å². The van der Waals surface area contributed by atoms with Gasteiger partial charge < -0.3 is 19.3 Å². The molecule has 5 aliphatic rings. The Hall–Kier alpha value is -1.75. The third-order valence-electron chi connectivity index (χ3n) is 11.0. The summed E-state index contributed by atoms with van der Waals surface area (Å²) < 4.78 is 17.2. The highest BCUT2D eigenvalue weighted by molar-refractivity contribution is 5.77. The van der Waals surface area contributed by atoms with Gasteiger partial charge in [0.2, 0.25) is 0 Å². The molecule has 0 radical (unpaired) electrons. The van der Waals surface area contributed by atoms with E-state index in [1.165, 1.54) is 18.2 Å². The molecule has 0 amide bonds. The molecule has 2 bridgehead atoms. The lowest BCUT2D eigenvalue weighted by Gasteiger charge is -2.70. The molecule has 5 heteroatoms. The molecule has 5 nitrogen and oxygen atoms in total. The number of methoxy groups -OCH3 is 3. The van der Waals surface area contributed by atoms with Gasteiger partial charge in [-0.3, -0.25) is 4.79 Å². The van der Waals surface area contributed by atoms with Crippen molar-refractivity contribution in [2.75, 3.05) is 21.3 Å². The molecule has 0 heterocycles. The van der Waals surface area contributed by atoms with Crippen molar-refractivity contribution in [3.8, 4) is 11.5 Å². The molecule has 8 atom stereocenters. The Bertz CT molecular complexity index is 987. The van der Waals surface area contributed by atoms with Gasteiger partial charge in [0, 0.05) is 16.5 Å². The SMILES string of the molecule is COC(=O)[C@@]1(C)CCC[C@]2(C)[C@@H]3C[C@H]4c5c(OC)ccc(OC)c5[C@@]3(CC[C@@H]21)[C@@H](O)[C@H]4C(C)C. The van der Waals surface area contributed by atoms with Crippen molar-refractivity contribution in [1.82, 2.24) is 0 Å². The molecule has 1 aromatic rings. The minimum absolute atomic E-state index is 0.0492. The van der Waals surface area contributed by atoms with Crippen LogP contribution in [-0.2, 0) is 14.9 Å². The van der Waals surface area contributed by atoms with Crippen molar-refractivity contribution >= 4 is 5.97 Å². The number of carbonyl (C=O) groups is 1. The van der Waals surface area contributed by atoms with Crippen LogP contribution < -0.4 is 9.47 Å². The Morgan fingerprint density at radius 1 is 1.03 bits per heavy atom. The monoisotopic (exact) mass is 470 g/mol. The summed E-state index contributed by atoms with van der Waals surface area (Å²) >= 11 is 0. The summed E-state index contributed by atoms with van der Waals surface area (Å²) in [5.41, 5.74) is 1.54. The summed E-state index contributed by atoms with van der Waals surface area (Å²) in [7, 11) is 5.02. The van der Waals surface area contributed by atoms with Gasteiger partial charge in [-0.2, -0.15) is 0 Å². The topological polar surface area (TPSA) is 65.0 Å². The summed E-state index contributed by atoms with van der Waals surface area (Å²) in [5, 5.41) is 12.2. The van der Waals surface area contributed by atoms with Crippen molar-refractivity contribution in [3.05, 3.63) is 23.3 Å². The van der Waals surface area contributed by atoms with Crippen LogP contribution in [0, 0.1) is 34.5 Å². The molecule has 0 unspecified atom stereocenters. The molecule has 5 aliphatic carbocycles. The fraction of sp³-hybridized carbons (Fsp3) is 0.759. The minimum atomic E-state index is -0.469. The van der Waals surface area contributed by atoms with Gasteiger partial charge in [-0.25, -0.2) is 0 Å². The standard InChI is InChI=1S/C29H42O5/c1-16(2)22-17-15-21-27(3)12-8-13-28(4,26(31)34-7)20(27)11-14-29(21,25(22)30)24-19(33-6)10-9-18(32-5)23(17)24/h9-10,16-17,20-22,25,30H,8,11-15H2,1-7H3/t17-,20+,21+,22+,25+,27+,28+,29+/m1/s1. The van der Waals surface area contributed by atoms with Gasteiger partial charge in [0.15, 0.2) is 0 Å². The number of rotatable bonds is 4. The second-order valence-electron chi connectivity index (χ2n) is 12.3. The predicted molar refractivity (Wildman–Crippen MR) is 131 cm³/mol. The number of hydrogen-bond acceptors (Lipinski definition) is 5. The quantitative estimate of drug-likeness (QED) is 0.591. The van der Waals surface area contributed by atoms with Crippen molar-refractivity contribution in [1.29, 1.82) is 0 Å². The van der Waals surface area contributed by atoms with E-state index in [4.69, 9.17) is 14.2 Å². The predicted octanol–water partition coefficient (Wildman–Crippen LogP) is 5.47. The maximum Gasteiger partial charge on any atom is 0.311 e. The van der Waals surface area contributed by atoms with Crippen LogP contribution in [0.15, 0.2) is 12.1 Å². The van der Waals surface area contributed by atoms with Crippen molar-refractivity contribution in [3.63, 3.8) is 0 Å². The van der Waals surface area contributed by atoms with Gasteiger partial charge in [0.25, 0.3) is 0 Å². The van der Waals surface area contributed by atoms with E-state index in [1.807, 2.05) is 12.1 Å². The van der Waals surface area contributed by atoms with Crippen LogP contribution in [0.25, 0.3) is 0 Å². The number of esters is 1. The zero-order valence-electron chi connectivity index (χ0n) is 21.9. The molecule has 1 N–H and O–H groups in total. The fourth-order valence-corrected chi connectivity index (χ4v) is 9.77. The molecule has 6 rings (SSSR count). The molecule has 0 aromatic heterocycles. The zero-order chi connectivity index (χ0) is 24.6. The summed E-state index contributed by atoms with van der Waals surface area (Å²) in [4.78, 5) is 13.1. The van der Waals surface area contributed by atoms with Crippen molar-refractivity contribution in [2.45, 2.75) is 83.7 Å². The van der Waals surface area contributed by atoms with Crippen LogP contribution in [0.1, 0.15) is 83.3 Å². The first-order valence-corrected chi connectivity index (χ1v) is 13.1. The molecular formula is C29H42O5. The van der Waals surface area contributed by atoms with E-state index in [9.17, 15) is 9.90 Å². The Morgan fingerprint density at radius 2 is 1.71 bits per heavy atom. The Kier molecular flexibility index (Phi) is 5.55. The van der Waals surface area contributed by atoms with Gasteiger partial charge in [-0.1, -0.05) is 27.2 Å². The average Bonchev–Trinajstić information content (AvgIpc) is 2.82. The third-order valence-corrected chi connectivity index (χ3v) is 11.0. The minimum Gasteiger partial charge on any atom is -0.496 e. The smallest absolute Gasteiger partial charge is 0.311 e. The molecule has 3 saturated carbocycles. The number of aliphatic hydroxyl groups is 1. The molecule has 3 fully saturated rings. The van der Waals surface area contributed by atoms with Gasteiger partial charge in [-0.15, -0.1) is 0 Å². The van der Waals surface area contributed by atoms with Crippen LogP contribution in [0.5, 0.6) is 11.5 Å². The second-order valence-corrected chi connectivity index (χ2v) is 12.3. The highest BCUT2D eigenvalue weighted by Gasteiger charge is 2.71. The molecule has 34 heavy (non-hydrogen) atoms. The molecule has 188 valence electrons. The van der Waals surface area contributed by atoms with Gasteiger partial charge in [0.1, 0.15) is 11.5 Å². The largest absolute Gasteiger partial charge is 0.496 e. The Balaban J connectivity index is 1.75. The number of fused-ring (bicyclic) bond motifs is 2. The van der Waals surface area contributed by atoms with E-state index in [0.29, 0.717) is 5.92 Å².